The molecule has 1 N–H and O–H groups in total. The van der Waals surface area contributed by atoms with Gasteiger partial charge in [-0.05, 0) is 26.7 Å². The number of carbonyl (C=O) groups is 1. The highest BCUT2D eigenvalue weighted by molar-refractivity contribution is 8.00. The van der Waals surface area contributed by atoms with Gasteiger partial charge in [0, 0.05) is 25.7 Å². The molecular formula is C16H27N5O2S. The molecule has 1 amide bonds. The lowest BCUT2D eigenvalue weighted by Gasteiger charge is -2.27. The topological polar surface area (TPSA) is 72.3 Å². The van der Waals surface area contributed by atoms with Crippen molar-refractivity contribution in [2.45, 2.75) is 62.5 Å². The van der Waals surface area contributed by atoms with Crippen LogP contribution in [0, 0.1) is 0 Å². The molecule has 8 heteroatoms. The maximum Gasteiger partial charge on any atom is 0.233 e. The van der Waals surface area contributed by atoms with Crippen LogP contribution in [0.25, 0.3) is 0 Å². The summed E-state index contributed by atoms with van der Waals surface area (Å²) in [5.41, 5.74) is 0. The normalized spacial score (nSPS) is 20.3. The van der Waals surface area contributed by atoms with Crippen LogP contribution in [0.1, 0.15) is 39.5 Å². The van der Waals surface area contributed by atoms with Crippen LogP contribution in [0.15, 0.2) is 5.16 Å². The number of hydrogen-bond donors (Lipinski definition) is 1. The highest BCUT2D eigenvalue weighted by Gasteiger charge is 2.25. The van der Waals surface area contributed by atoms with Crippen LogP contribution in [0.3, 0.4) is 0 Å². The summed E-state index contributed by atoms with van der Waals surface area (Å²) in [5.74, 6) is 0.983. The minimum Gasteiger partial charge on any atom is -0.378 e. The maximum atomic E-state index is 12.4. The molecule has 1 aromatic rings. The second kappa shape index (κ2) is 8.20. The van der Waals surface area contributed by atoms with E-state index in [1.54, 1.807) is 0 Å². The van der Waals surface area contributed by atoms with Gasteiger partial charge in [0.2, 0.25) is 11.9 Å². The summed E-state index contributed by atoms with van der Waals surface area (Å²) in [5, 5.41) is 12.5. The van der Waals surface area contributed by atoms with E-state index < -0.39 is 0 Å². The summed E-state index contributed by atoms with van der Waals surface area (Å²) >= 11 is 1.49. The summed E-state index contributed by atoms with van der Waals surface area (Å²) in [7, 11) is 0. The van der Waals surface area contributed by atoms with Crippen molar-refractivity contribution in [2.24, 2.45) is 0 Å². The Kier molecular flexibility index (Phi) is 5.99. The number of amides is 1. The van der Waals surface area contributed by atoms with Gasteiger partial charge >= 0.3 is 0 Å². The molecular weight excluding hydrogens is 326 g/mol. The molecule has 1 aromatic heterocycles. The van der Waals surface area contributed by atoms with Crippen molar-refractivity contribution >= 4 is 23.6 Å². The van der Waals surface area contributed by atoms with Crippen molar-refractivity contribution in [2.75, 3.05) is 31.2 Å². The van der Waals surface area contributed by atoms with Gasteiger partial charge in [0.05, 0.1) is 18.5 Å². The Morgan fingerprint density at radius 3 is 2.71 bits per heavy atom. The predicted octanol–water partition coefficient (Wildman–Crippen LogP) is 1.67. The number of aromatic nitrogens is 3. The van der Waals surface area contributed by atoms with Gasteiger partial charge in [0.25, 0.3) is 0 Å². The highest BCUT2D eigenvalue weighted by Crippen LogP contribution is 2.26. The molecule has 1 aliphatic carbocycles. The van der Waals surface area contributed by atoms with E-state index in [1.807, 2.05) is 6.92 Å². The molecule has 2 heterocycles. The number of ether oxygens (including phenoxy) is 1. The van der Waals surface area contributed by atoms with E-state index in [2.05, 4.69) is 31.9 Å². The number of nitrogens with zero attached hydrogens (tertiary/aromatic N) is 4. The van der Waals surface area contributed by atoms with Crippen LogP contribution in [-0.4, -0.2) is 58.3 Å². The monoisotopic (exact) mass is 353 g/mol. The number of carbonyl (C=O) groups excluding carboxylic acids is 1. The first-order valence-electron chi connectivity index (χ1n) is 8.92. The molecule has 134 valence electrons. The Hall–Kier alpha value is -1.28. The number of thioether (sulfide) groups is 1. The van der Waals surface area contributed by atoms with Gasteiger partial charge in [-0.15, -0.1) is 10.2 Å². The number of nitrogens with one attached hydrogen (secondary N) is 1. The van der Waals surface area contributed by atoms with Crippen LogP contribution in [0.5, 0.6) is 0 Å². The van der Waals surface area contributed by atoms with E-state index >= 15 is 0 Å². The highest BCUT2D eigenvalue weighted by atomic mass is 32.2. The summed E-state index contributed by atoms with van der Waals surface area (Å²) < 4.78 is 7.50. The third-order valence-corrected chi connectivity index (χ3v) is 5.74. The average Bonchev–Trinajstić information content (AvgIpc) is 3.25. The second-order valence-corrected chi connectivity index (χ2v) is 7.68. The van der Waals surface area contributed by atoms with Crippen LogP contribution >= 0.6 is 11.8 Å². The van der Waals surface area contributed by atoms with Crippen molar-refractivity contribution in [3.8, 4) is 0 Å². The molecule has 1 saturated heterocycles. The molecule has 0 unspecified atom stereocenters. The van der Waals surface area contributed by atoms with Crippen LogP contribution < -0.4 is 10.2 Å². The Bertz CT molecular complexity index is 553. The molecule has 7 nitrogen and oxygen atoms in total. The minimum absolute atomic E-state index is 0.102. The van der Waals surface area contributed by atoms with Crippen molar-refractivity contribution in [3.05, 3.63) is 0 Å². The van der Waals surface area contributed by atoms with E-state index in [-0.39, 0.29) is 11.2 Å². The fourth-order valence-electron chi connectivity index (χ4n) is 3.24. The van der Waals surface area contributed by atoms with Gasteiger partial charge in [0.15, 0.2) is 5.16 Å². The zero-order chi connectivity index (χ0) is 16.9. The van der Waals surface area contributed by atoms with Crippen molar-refractivity contribution in [1.82, 2.24) is 20.1 Å². The molecule has 1 saturated carbocycles. The van der Waals surface area contributed by atoms with Gasteiger partial charge in [-0.3, -0.25) is 9.36 Å². The van der Waals surface area contributed by atoms with Crippen molar-refractivity contribution in [1.29, 1.82) is 0 Å². The van der Waals surface area contributed by atoms with E-state index in [4.69, 9.17) is 4.74 Å². The Morgan fingerprint density at radius 2 is 2.04 bits per heavy atom. The molecule has 1 aliphatic heterocycles. The molecule has 0 aromatic carbocycles. The molecule has 0 bridgehead atoms. The lowest BCUT2D eigenvalue weighted by atomic mass is 10.2. The number of anilines is 1. The molecule has 24 heavy (non-hydrogen) atoms. The van der Waals surface area contributed by atoms with Crippen LogP contribution in [-0.2, 0) is 16.1 Å². The van der Waals surface area contributed by atoms with Gasteiger partial charge < -0.3 is 15.0 Å². The standard InChI is InChI=1S/C16H27N5O2S/c1-3-21-15(20-8-10-23-11-9-20)18-19-16(21)24-12(2)14(22)17-13-6-4-5-7-13/h12-13H,3-11H2,1-2H3,(H,17,22)/t12-/m1/s1. The van der Waals surface area contributed by atoms with Crippen molar-refractivity contribution < 1.29 is 9.53 Å². The maximum absolute atomic E-state index is 12.4. The van der Waals surface area contributed by atoms with Crippen molar-refractivity contribution in [3.63, 3.8) is 0 Å². The average molecular weight is 353 g/mol. The fourth-order valence-corrected chi connectivity index (χ4v) is 4.16. The Morgan fingerprint density at radius 1 is 1.33 bits per heavy atom. The summed E-state index contributed by atoms with van der Waals surface area (Å²) in [6.45, 7) is 7.93. The molecule has 3 rings (SSSR count). The number of hydrogen-bond acceptors (Lipinski definition) is 6. The van der Waals surface area contributed by atoms with Gasteiger partial charge in [-0.2, -0.15) is 0 Å². The zero-order valence-electron chi connectivity index (χ0n) is 14.5. The summed E-state index contributed by atoms with van der Waals surface area (Å²) in [6, 6.07) is 0.355. The second-order valence-electron chi connectivity index (χ2n) is 6.38. The van der Waals surface area contributed by atoms with Gasteiger partial charge in [0.1, 0.15) is 0 Å². The number of rotatable bonds is 6. The third kappa shape index (κ3) is 4.03. The quantitative estimate of drug-likeness (QED) is 0.785. The van der Waals surface area contributed by atoms with E-state index in [0.29, 0.717) is 6.04 Å². The molecule has 2 aliphatic rings. The first-order valence-corrected chi connectivity index (χ1v) is 9.80. The van der Waals surface area contributed by atoms with E-state index in [0.717, 1.165) is 56.8 Å². The third-order valence-electron chi connectivity index (χ3n) is 4.66. The Balaban J connectivity index is 1.63. The largest absolute Gasteiger partial charge is 0.378 e. The molecule has 2 fully saturated rings. The Labute approximate surface area is 147 Å². The lowest BCUT2D eigenvalue weighted by Crippen LogP contribution is -2.38. The zero-order valence-corrected chi connectivity index (χ0v) is 15.3. The molecule has 1 atom stereocenters. The van der Waals surface area contributed by atoms with E-state index in [9.17, 15) is 4.79 Å². The fraction of sp³-hybridized carbons (Fsp3) is 0.812. The first kappa shape index (κ1) is 17.5. The number of morpholine rings is 1. The molecule has 0 radical (unpaired) electrons. The summed E-state index contributed by atoms with van der Waals surface area (Å²) in [4.78, 5) is 14.6. The van der Waals surface area contributed by atoms with Crippen LogP contribution in [0.4, 0.5) is 5.95 Å². The SMILES string of the molecule is CCn1c(S[C@H](C)C(=O)NC2CCCC2)nnc1N1CCOCC1. The predicted molar refractivity (Wildman–Crippen MR) is 94.4 cm³/mol. The lowest BCUT2D eigenvalue weighted by molar-refractivity contribution is -0.120. The van der Waals surface area contributed by atoms with E-state index in [1.165, 1.54) is 24.6 Å². The van der Waals surface area contributed by atoms with Gasteiger partial charge in [-0.25, -0.2) is 0 Å². The first-order chi connectivity index (χ1) is 11.7. The van der Waals surface area contributed by atoms with Gasteiger partial charge in [-0.1, -0.05) is 24.6 Å². The molecule has 0 spiro atoms. The van der Waals surface area contributed by atoms with Crippen LogP contribution in [0.2, 0.25) is 0 Å². The summed E-state index contributed by atoms with van der Waals surface area (Å²) in [6.07, 6.45) is 4.66. The smallest absolute Gasteiger partial charge is 0.233 e. The minimum atomic E-state index is -0.169.